The van der Waals surface area contributed by atoms with Crippen LogP contribution in [0.2, 0.25) is 0 Å². The van der Waals surface area contributed by atoms with Crippen LogP contribution in [0.1, 0.15) is 6.92 Å². The van der Waals surface area contributed by atoms with Gasteiger partial charge in [-0.15, -0.1) is 6.42 Å². The van der Waals surface area contributed by atoms with Crippen LogP contribution in [-0.4, -0.2) is 49.2 Å². The first-order chi connectivity index (χ1) is 7.69. The maximum Gasteiger partial charge on any atom is 0.237 e. The molecule has 0 radical (unpaired) electrons. The lowest BCUT2D eigenvalue weighted by Crippen LogP contribution is -2.52. The summed E-state index contributed by atoms with van der Waals surface area (Å²) in [7, 11) is 0. The highest BCUT2D eigenvalue weighted by Gasteiger charge is 2.27. The van der Waals surface area contributed by atoms with Gasteiger partial charge in [-0.3, -0.25) is 9.69 Å². The van der Waals surface area contributed by atoms with Crippen molar-refractivity contribution in [3.05, 3.63) is 0 Å². The summed E-state index contributed by atoms with van der Waals surface area (Å²) in [5.41, 5.74) is 0. The molecule has 0 spiro atoms. The SMILES string of the molecule is C#CCNC(=O)C(C)N1CCOC(C#N)C1. The molecule has 16 heavy (non-hydrogen) atoms. The van der Waals surface area contributed by atoms with Crippen molar-refractivity contribution in [2.24, 2.45) is 0 Å². The second kappa shape index (κ2) is 6.12. The van der Waals surface area contributed by atoms with E-state index in [1.54, 1.807) is 6.92 Å². The molecule has 0 saturated carbocycles. The Balaban J connectivity index is 2.47. The first-order valence-corrected chi connectivity index (χ1v) is 5.15. The van der Waals surface area contributed by atoms with Gasteiger partial charge < -0.3 is 10.1 Å². The Morgan fingerprint density at radius 3 is 3.19 bits per heavy atom. The molecule has 1 saturated heterocycles. The lowest BCUT2D eigenvalue weighted by molar-refractivity contribution is -0.128. The van der Waals surface area contributed by atoms with Crippen molar-refractivity contribution in [2.75, 3.05) is 26.2 Å². The van der Waals surface area contributed by atoms with E-state index in [0.29, 0.717) is 19.7 Å². The second-order valence-corrected chi connectivity index (χ2v) is 3.58. The standard InChI is InChI=1S/C11H15N3O2/c1-3-4-13-11(15)9(2)14-5-6-16-10(7-12)8-14/h1,9-10H,4-6,8H2,2H3,(H,13,15). The molecule has 86 valence electrons. The highest BCUT2D eigenvalue weighted by atomic mass is 16.5. The Hall–Kier alpha value is -1.56. The summed E-state index contributed by atoms with van der Waals surface area (Å²) in [6, 6.07) is 1.76. The Kier molecular flexibility index (Phi) is 4.78. The van der Waals surface area contributed by atoms with Gasteiger partial charge >= 0.3 is 0 Å². The zero-order valence-electron chi connectivity index (χ0n) is 9.27. The van der Waals surface area contributed by atoms with Crippen molar-refractivity contribution < 1.29 is 9.53 Å². The Bertz CT molecular complexity index is 329. The third kappa shape index (κ3) is 3.23. The largest absolute Gasteiger partial charge is 0.361 e. The van der Waals surface area contributed by atoms with E-state index in [0.717, 1.165) is 0 Å². The fraction of sp³-hybridized carbons (Fsp3) is 0.636. The Morgan fingerprint density at radius 2 is 2.56 bits per heavy atom. The van der Waals surface area contributed by atoms with Crippen LogP contribution in [0.4, 0.5) is 0 Å². The van der Waals surface area contributed by atoms with Crippen LogP contribution in [0.5, 0.6) is 0 Å². The summed E-state index contributed by atoms with van der Waals surface area (Å²) in [5.74, 6) is 2.23. The number of ether oxygens (including phenoxy) is 1. The lowest BCUT2D eigenvalue weighted by Gasteiger charge is -2.33. The quantitative estimate of drug-likeness (QED) is 0.643. The molecule has 0 aromatic carbocycles. The third-order valence-corrected chi connectivity index (χ3v) is 2.53. The predicted octanol–water partition coefficient (Wildman–Crippen LogP) is -0.651. The number of amides is 1. The second-order valence-electron chi connectivity index (χ2n) is 3.58. The van der Waals surface area contributed by atoms with Crippen molar-refractivity contribution in [1.82, 2.24) is 10.2 Å². The number of hydrogen-bond acceptors (Lipinski definition) is 4. The zero-order chi connectivity index (χ0) is 12.0. The van der Waals surface area contributed by atoms with Crippen LogP contribution in [0.25, 0.3) is 0 Å². The zero-order valence-corrected chi connectivity index (χ0v) is 9.27. The summed E-state index contributed by atoms with van der Waals surface area (Å²) in [6.45, 7) is 3.62. The third-order valence-electron chi connectivity index (χ3n) is 2.53. The number of nitrogens with zero attached hydrogens (tertiary/aromatic N) is 2. The van der Waals surface area contributed by atoms with Gasteiger partial charge in [0.05, 0.1) is 25.3 Å². The first kappa shape index (κ1) is 12.5. The molecule has 1 rings (SSSR count). The molecule has 0 aromatic heterocycles. The van der Waals surface area contributed by atoms with E-state index in [2.05, 4.69) is 11.2 Å². The van der Waals surface area contributed by atoms with Gasteiger partial charge in [0.2, 0.25) is 5.91 Å². The van der Waals surface area contributed by atoms with Crippen LogP contribution in [0.15, 0.2) is 0 Å². The highest BCUT2D eigenvalue weighted by molar-refractivity contribution is 5.81. The minimum atomic E-state index is -0.448. The van der Waals surface area contributed by atoms with Crippen molar-refractivity contribution >= 4 is 5.91 Å². The van der Waals surface area contributed by atoms with Gasteiger partial charge in [-0.1, -0.05) is 5.92 Å². The molecule has 0 aromatic rings. The van der Waals surface area contributed by atoms with Gasteiger partial charge in [0.25, 0.3) is 0 Å². The van der Waals surface area contributed by atoms with E-state index in [1.807, 2.05) is 11.0 Å². The fourth-order valence-electron chi connectivity index (χ4n) is 1.55. The normalized spacial score (nSPS) is 22.8. The van der Waals surface area contributed by atoms with E-state index in [1.165, 1.54) is 0 Å². The summed E-state index contributed by atoms with van der Waals surface area (Å²) < 4.78 is 5.20. The van der Waals surface area contributed by atoms with Crippen LogP contribution in [0, 0.1) is 23.7 Å². The molecule has 1 aliphatic heterocycles. The molecule has 0 aliphatic carbocycles. The fourth-order valence-corrected chi connectivity index (χ4v) is 1.55. The molecule has 1 heterocycles. The number of nitrogens with one attached hydrogen (secondary N) is 1. The molecule has 0 bridgehead atoms. The topological polar surface area (TPSA) is 65.4 Å². The molecule has 5 nitrogen and oxygen atoms in total. The van der Waals surface area contributed by atoms with Crippen LogP contribution >= 0.6 is 0 Å². The van der Waals surface area contributed by atoms with Crippen LogP contribution in [-0.2, 0) is 9.53 Å². The maximum absolute atomic E-state index is 11.6. The van der Waals surface area contributed by atoms with Gasteiger partial charge in [0.15, 0.2) is 6.10 Å². The Labute approximate surface area is 95.4 Å². The van der Waals surface area contributed by atoms with Crippen molar-refractivity contribution in [2.45, 2.75) is 19.1 Å². The molecule has 1 aliphatic rings. The molecule has 2 unspecified atom stereocenters. The molecule has 1 N–H and O–H groups in total. The number of morpholine rings is 1. The van der Waals surface area contributed by atoms with Gasteiger partial charge in [0.1, 0.15) is 0 Å². The first-order valence-electron chi connectivity index (χ1n) is 5.15. The molecule has 5 heteroatoms. The molecular formula is C11H15N3O2. The van der Waals surface area contributed by atoms with Crippen LogP contribution in [0.3, 0.4) is 0 Å². The summed E-state index contributed by atoms with van der Waals surface area (Å²) >= 11 is 0. The smallest absolute Gasteiger partial charge is 0.237 e. The number of nitriles is 1. The maximum atomic E-state index is 11.6. The number of rotatable bonds is 3. The molecular weight excluding hydrogens is 206 g/mol. The van der Waals surface area contributed by atoms with Crippen LogP contribution < -0.4 is 5.32 Å². The minimum absolute atomic E-state index is 0.114. The highest BCUT2D eigenvalue weighted by Crippen LogP contribution is 2.08. The van der Waals surface area contributed by atoms with E-state index in [-0.39, 0.29) is 18.5 Å². The van der Waals surface area contributed by atoms with Gasteiger partial charge in [0, 0.05) is 13.1 Å². The molecule has 2 atom stereocenters. The molecule has 1 fully saturated rings. The number of carbonyl (C=O) groups excluding carboxylic acids is 1. The van der Waals surface area contributed by atoms with E-state index in [9.17, 15) is 4.79 Å². The predicted molar refractivity (Wildman–Crippen MR) is 58.2 cm³/mol. The number of terminal acetylenes is 1. The minimum Gasteiger partial charge on any atom is -0.361 e. The Morgan fingerprint density at radius 1 is 1.81 bits per heavy atom. The van der Waals surface area contributed by atoms with Gasteiger partial charge in [-0.2, -0.15) is 5.26 Å². The van der Waals surface area contributed by atoms with E-state index >= 15 is 0 Å². The average molecular weight is 221 g/mol. The van der Waals surface area contributed by atoms with Gasteiger partial charge in [-0.05, 0) is 6.92 Å². The van der Waals surface area contributed by atoms with Crippen molar-refractivity contribution in [3.63, 3.8) is 0 Å². The van der Waals surface area contributed by atoms with E-state index in [4.69, 9.17) is 16.4 Å². The molecule has 1 amide bonds. The number of hydrogen-bond donors (Lipinski definition) is 1. The number of carbonyl (C=O) groups is 1. The lowest BCUT2D eigenvalue weighted by atomic mass is 10.2. The average Bonchev–Trinajstić information content (AvgIpc) is 2.35. The van der Waals surface area contributed by atoms with Crippen molar-refractivity contribution in [3.8, 4) is 18.4 Å². The summed E-state index contributed by atoms with van der Waals surface area (Å²) in [4.78, 5) is 13.5. The summed E-state index contributed by atoms with van der Waals surface area (Å²) in [5, 5.41) is 11.4. The summed E-state index contributed by atoms with van der Waals surface area (Å²) in [6.07, 6.45) is 4.61. The van der Waals surface area contributed by atoms with Crippen molar-refractivity contribution in [1.29, 1.82) is 5.26 Å². The van der Waals surface area contributed by atoms with Gasteiger partial charge in [-0.25, -0.2) is 0 Å². The monoisotopic (exact) mass is 221 g/mol. The van der Waals surface area contributed by atoms with E-state index < -0.39 is 6.10 Å².